The van der Waals surface area contributed by atoms with Gasteiger partial charge >= 0.3 is 0 Å². The molecule has 176 valence electrons. The third-order valence-corrected chi connectivity index (χ3v) is 5.99. The molecule has 0 aliphatic rings. The maximum Gasteiger partial charge on any atom is 0.140 e. The first-order valence-corrected chi connectivity index (χ1v) is 12.9. The van der Waals surface area contributed by atoms with Gasteiger partial charge < -0.3 is 9.84 Å². The number of ether oxygens (including phenoxy) is 1. The van der Waals surface area contributed by atoms with Crippen molar-refractivity contribution in [2.45, 2.75) is 129 Å². The van der Waals surface area contributed by atoms with Crippen LogP contribution in [0.4, 0.5) is 0 Å². The second-order valence-corrected chi connectivity index (χ2v) is 8.86. The van der Waals surface area contributed by atoms with Crippen molar-refractivity contribution >= 4 is 0 Å². The number of hydrogen-bond acceptors (Lipinski definition) is 4. The van der Waals surface area contributed by atoms with Gasteiger partial charge in [0, 0.05) is 0 Å². The van der Waals surface area contributed by atoms with E-state index in [0.717, 1.165) is 12.8 Å². The van der Waals surface area contributed by atoms with Gasteiger partial charge in [0.25, 0.3) is 0 Å². The van der Waals surface area contributed by atoms with Crippen LogP contribution in [-0.2, 0) is 0 Å². The van der Waals surface area contributed by atoms with E-state index in [1.807, 2.05) is 6.07 Å². The zero-order valence-electron chi connectivity index (χ0n) is 20.0. The average molecular weight is 431 g/mol. The Bertz CT molecular complexity index is 553. The molecule has 4 nitrogen and oxygen atoms in total. The van der Waals surface area contributed by atoms with Gasteiger partial charge in [0.1, 0.15) is 23.6 Å². The third-order valence-electron chi connectivity index (χ3n) is 5.99. The van der Waals surface area contributed by atoms with E-state index >= 15 is 0 Å². The fourth-order valence-corrected chi connectivity index (χ4v) is 3.99. The topological polar surface area (TPSA) is 66.1 Å². The molecule has 1 aromatic heterocycles. The lowest BCUT2D eigenvalue weighted by molar-refractivity contribution is 0.106. The quantitative estimate of drug-likeness (QED) is 0.203. The Morgan fingerprint density at radius 1 is 0.806 bits per heavy atom. The predicted octanol–water partition coefficient (Wildman–Crippen LogP) is 7.73. The van der Waals surface area contributed by atoms with Crippen molar-refractivity contribution in [1.82, 2.24) is 4.98 Å². The summed E-state index contributed by atoms with van der Waals surface area (Å²) in [5.74, 6) is 0.616. The molecule has 0 aromatic carbocycles. The van der Waals surface area contributed by atoms with Gasteiger partial charge in [0.2, 0.25) is 0 Å². The van der Waals surface area contributed by atoms with Gasteiger partial charge in [-0.25, -0.2) is 4.98 Å². The number of rotatable bonds is 21. The van der Waals surface area contributed by atoms with Crippen LogP contribution in [0.15, 0.2) is 18.3 Å². The first-order chi connectivity index (χ1) is 15.3. The van der Waals surface area contributed by atoms with Gasteiger partial charge in [0.05, 0.1) is 12.8 Å². The van der Waals surface area contributed by atoms with Gasteiger partial charge in [-0.3, -0.25) is 0 Å². The predicted molar refractivity (Wildman–Crippen MR) is 129 cm³/mol. The highest BCUT2D eigenvalue weighted by Gasteiger charge is 2.09. The summed E-state index contributed by atoms with van der Waals surface area (Å²) in [6.07, 6.45) is 25.4. The maximum absolute atomic E-state index is 9.53. The standard InChI is InChI=1S/C27H46N2O2/c1-2-3-4-5-6-7-8-9-10-11-12-13-14-15-16-17-18-19-27(24-30)31-26-21-20-25(22-28)29-23-26/h20-21,23,27,30H,2-19,24H2,1H3. The molecular weight excluding hydrogens is 384 g/mol. The van der Waals surface area contributed by atoms with E-state index < -0.39 is 0 Å². The van der Waals surface area contributed by atoms with Crippen molar-refractivity contribution < 1.29 is 9.84 Å². The normalized spacial score (nSPS) is 11.9. The monoisotopic (exact) mass is 430 g/mol. The Morgan fingerprint density at radius 2 is 1.29 bits per heavy atom. The number of unbranched alkanes of at least 4 members (excludes halogenated alkanes) is 16. The summed E-state index contributed by atoms with van der Waals surface area (Å²) < 4.78 is 5.77. The summed E-state index contributed by atoms with van der Waals surface area (Å²) in [4.78, 5) is 4.00. The molecule has 31 heavy (non-hydrogen) atoms. The first kappa shape index (κ1) is 27.4. The number of aliphatic hydroxyl groups excluding tert-OH is 1. The molecule has 0 saturated heterocycles. The summed E-state index contributed by atoms with van der Waals surface area (Å²) in [5.41, 5.74) is 0.376. The van der Waals surface area contributed by atoms with Gasteiger partial charge in [-0.2, -0.15) is 5.26 Å². The number of aliphatic hydroxyl groups is 1. The molecule has 0 spiro atoms. The van der Waals surface area contributed by atoms with E-state index in [2.05, 4.69) is 11.9 Å². The smallest absolute Gasteiger partial charge is 0.140 e. The largest absolute Gasteiger partial charge is 0.486 e. The fraction of sp³-hybridized carbons (Fsp3) is 0.778. The molecule has 0 aliphatic carbocycles. The molecule has 1 N–H and O–H groups in total. The highest BCUT2D eigenvalue weighted by atomic mass is 16.5. The number of aromatic nitrogens is 1. The Balaban J connectivity index is 1.86. The van der Waals surface area contributed by atoms with Crippen LogP contribution in [-0.4, -0.2) is 22.8 Å². The van der Waals surface area contributed by atoms with Gasteiger partial charge in [-0.05, 0) is 25.0 Å². The molecule has 1 rings (SSSR count). The zero-order valence-corrected chi connectivity index (χ0v) is 20.0. The molecule has 1 heterocycles. The third kappa shape index (κ3) is 15.8. The van der Waals surface area contributed by atoms with Crippen molar-refractivity contribution in [3.63, 3.8) is 0 Å². The van der Waals surface area contributed by atoms with Crippen LogP contribution in [0, 0.1) is 11.3 Å². The van der Waals surface area contributed by atoms with Crippen molar-refractivity contribution in [2.75, 3.05) is 6.61 Å². The van der Waals surface area contributed by atoms with Crippen LogP contribution >= 0.6 is 0 Å². The van der Waals surface area contributed by atoms with Crippen LogP contribution < -0.4 is 4.74 Å². The Morgan fingerprint density at radius 3 is 1.68 bits per heavy atom. The van der Waals surface area contributed by atoms with Crippen LogP contribution in [0.5, 0.6) is 5.75 Å². The van der Waals surface area contributed by atoms with Crippen molar-refractivity contribution in [3.8, 4) is 11.8 Å². The minimum Gasteiger partial charge on any atom is -0.486 e. The van der Waals surface area contributed by atoms with Gasteiger partial charge in [-0.15, -0.1) is 0 Å². The fourth-order valence-electron chi connectivity index (χ4n) is 3.99. The SMILES string of the molecule is CCCCCCCCCCCCCCCCCCCC(CO)Oc1ccc(C#N)nc1. The van der Waals surface area contributed by atoms with Gasteiger partial charge in [-0.1, -0.05) is 110 Å². The number of nitriles is 1. The molecule has 1 unspecified atom stereocenters. The summed E-state index contributed by atoms with van der Waals surface area (Å²) in [6, 6.07) is 5.37. The molecule has 0 bridgehead atoms. The Labute approximate surface area is 191 Å². The Kier molecular flexibility index (Phi) is 18.0. The second kappa shape index (κ2) is 20.3. The molecular formula is C27H46N2O2. The molecule has 4 heteroatoms. The summed E-state index contributed by atoms with van der Waals surface area (Å²) in [7, 11) is 0. The van der Waals surface area contributed by atoms with E-state index in [0.29, 0.717) is 11.4 Å². The maximum atomic E-state index is 9.53. The van der Waals surface area contributed by atoms with Crippen molar-refractivity contribution in [1.29, 1.82) is 5.26 Å². The lowest BCUT2D eigenvalue weighted by Gasteiger charge is -2.16. The molecule has 1 atom stereocenters. The van der Waals surface area contributed by atoms with Gasteiger partial charge in [0.15, 0.2) is 0 Å². The number of hydrogen-bond donors (Lipinski definition) is 1. The molecule has 0 aliphatic heterocycles. The molecule has 0 radical (unpaired) electrons. The molecule has 1 aromatic rings. The second-order valence-electron chi connectivity index (χ2n) is 8.86. The summed E-state index contributed by atoms with van der Waals surface area (Å²) in [5, 5.41) is 18.3. The lowest BCUT2D eigenvalue weighted by atomic mass is 10.0. The summed E-state index contributed by atoms with van der Waals surface area (Å²) in [6.45, 7) is 2.29. The van der Waals surface area contributed by atoms with Crippen LogP contribution in [0.1, 0.15) is 128 Å². The Hall–Kier alpha value is -1.60. The van der Waals surface area contributed by atoms with E-state index in [-0.39, 0.29) is 12.7 Å². The highest BCUT2D eigenvalue weighted by Crippen LogP contribution is 2.17. The van der Waals surface area contributed by atoms with E-state index in [1.165, 1.54) is 103 Å². The first-order valence-electron chi connectivity index (χ1n) is 12.9. The number of nitrogens with zero attached hydrogens (tertiary/aromatic N) is 2. The minimum absolute atomic E-state index is 0.0128. The summed E-state index contributed by atoms with van der Waals surface area (Å²) >= 11 is 0. The van der Waals surface area contributed by atoms with Crippen molar-refractivity contribution in [3.05, 3.63) is 24.0 Å². The molecule has 0 amide bonds. The highest BCUT2D eigenvalue weighted by molar-refractivity contribution is 5.26. The molecule has 0 saturated carbocycles. The van der Waals surface area contributed by atoms with Crippen molar-refractivity contribution in [2.24, 2.45) is 0 Å². The van der Waals surface area contributed by atoms with E-state index in [9.17, 15) is 5.11 Å². The number of pyridine rings is 1. The van der Waals surface area contributed by atoms with E-state index in [4.69, 9.17) is 10.00 Å². The molecule has 0 fully saturated rings. The minimum atomic E-state index is -0.189. The zero-order chi connectivity index (χ0) is 22.4. The van der Waals surface area contributed by atoms with Crippen LogP contribution in [0.2, 0.25) is 0 Å². The van der Waals surface area contributed by atoms with E-state index in [1.54, 1.807) is 18.3 Å². The lowest BCUT2D eigenvalue weighted by Crippen LogP contribution is -2.21. The van der Waals surface area contributed by atoms with Crippen LogP contribution in [0.3, 0.4) is 0 Å². The van der Waals surface area contributed by atoms with Crippen LogP contribution in [0.25, 0.3) is 0 Å². The average Bonchev–Trinajstić information content (AvgIpc) is 2.80.